The van der Waals surface area contributed by atoms with E-state index in [2.05, 4.69) is 5.32 Å². The van der Waals surface area contributed by atoms with E-state index in [1.54, 1.807) is 6.07 Å². The molecule has 22 heavy (non-hydrogen) atoms. The maximum atomic E-state index is 11.6. The second-order valence-corrected chi connectivity index (χ2v) is 5.45. The molecule has 1 amide bonds. The maximum Gasteiger partial charge on any atom is 0.328 e. The topological polar surface area (TPSA) is 66.4 Å². The summed E-state index contributed by atoms with van der Waals surface area (Å²) in [6.07, 6.45) is 2.56. The zero-order chi connectivity index (χ0) is 15.7. The first-order chi connectivity index (χ1) is 10.5. The summed E-state index contributed by atoms with van der Waals surface area (Å²) in [6.45, 7) is 0. The van der Waals surface area contributed by atoms with Gasteiger partial charge in [-0.05, 0) is 52.9 Å². The van der Waals surface area contributed by atoms with Gasteiger partial charge in [0.1, 0.15) is 0 Å². The molecule has 0 aliphatic heterocycles. The highest BCUT2D eigenvalue weighted by Gasteiger charge is 2.18. The van der Waals surface area contributed by atoms with Crippen LogP contribution in [0, 0.1) is 0 Å². The quantitative estimate of drug-likeness (QED) is 0.727. The molecule has 0 bridgehead atoms. The van der Waals surface area contributed by atoms with E-state index in [1.807, 2.05) is 30.3 Å². The number of anilines is 1. The summed E-state index contributed by atoms with van der Waals surface area (Å²) < 4.78 is 0. The smallest absolute Gasteiger partial charge is 0.328 e. The minimum Gasteiger partial charge on any atom is -0.478 e. The van der Waals surface area contributed by atoms with Crippen molar-refractivity contribution in [2.45, 2.75) is 6.42 Å². The van der Waals surface area contributed by atoms with Crippen molar-refractivity contribution in [3.05, 3.63) is 64.7 Å². The second kappa shape index (κ2) is 5.66. The Labute approximate surface area is 132 Å². The van der Waals surface area contributed by atoms with Gasteiger partial charge in [-0.1, -0.05) is 23.7 Å². The predicted octanol–water partition coefficient (Wildman–Crippen LogP) is 3.49. The summed E-state index contributed by atoms with van der Waals surface area (Å²) in [5.74, 6) is -1.63. The summed E-state index contributed by atoms with van der Waals surface area (Å²) in [7, 11) is 0. The van der Waals surface area contributed by atoms with Crippen molar-refractivity contribution in [2.24, 2.45) is 0 Å². The predicted molar refractivity (Wildman–Crippen MR) is 85.1 cm³/mol. The van der Waals surface area contributed by atoms with Crippen LogP contribution in [0.1, 0.15) is 11.1 Å². The van der Waals surface area contributed by atoms with Crippen molar-refractivity contribution in [2.75, 3.05) is 5.32 Å². The van der Waals surface area contributed by atoms with E-state index in [1.165, 1.54) is 0 Å². The Balaban J connectivity index is 1.82. The fourth-order valence-electron chi connectivity index (χ4n) is 2.59. The number of carboxylic acid groups (broad SMARTS) is 1. The number of halogens is 1. The van der Waals surface area contributed by atoms with Gasteiger partial charge in [-0.3, -0.25) is 4.79 Å². The molecule has 0 saturated heterocycles. The summed E-state index contributed by atoms with van der Waals surface area (Å²) >= 11 is 6.01. The van der Waals surface area contributed by atoms with Crippen LogP contribution in [0.4, 0.5) is 5.69 Å². The molecule has 0 heterocycles. The van der Waals surface area contributed by atoms with Crippen molar-refractivity contribution in [1.29, 1.82) is 0 Å². The monoisotopic (exact) mass is 313 g/mol. The lowest BCUT2D eigenvalue weighted by atomic mass is 10.1. The van der Waals surface area contributed by atoms with Crippen molar-refractivity contribution in [3.8, 4) is 11.1 Å². The van der Waals surface area contributed by atoms with E-state index in [0.717, 1.165) is 40.8 Å². The third kappa shape index (κ3) is 2.87. The number of nitrogens with one attached hydrogen (secondary N) is 1. The number of rotatable bonds is 3. The molecular formula is C17H12ClNO3. The van der Waals surface area contributed by atoms with Gasteiger partial charge in [0, 0.05) is 22.9 Å². The minimum atomic E-state index is -1.16. The van der Waals surface area contributed by atoms with E-state index >= 15 is 0 Å². The summed E-state index contributed by atoms with van der Waals surface area (Å²) in [4.78, 5) is 22.0. The molecule has 3 rings (SSSR count). The largest absolute Gasteiger partial charge is 0.478 e. The molecule has 5 heteroatoms. The van der Waals surface area contributed by atoms with E-state index in [-0.39, 0.29) is 0 Å². The number of carbonyl (C=O) groups excluding carboxylic acids is 1. The van der Waals surface area contributed by atoms with Crippen LogP contribution in [0.3, 0.4) is 0 Å². The van der Waals surface area contributed by atoms with Crippen molar-refractivity contribution in [3.63, 3.8) is 0 Å². The number of amides is 1. The first kappa shape index (κ1) is 14.4. The Bertz CT molecular complexity index is 812. The molecule has 0 saturated carbocycles. The summed E-state index contributed by atoms with van der Waals surface area (Å²) in [5.41, 5.74) is 5.19. The average Bonchev–Trinajstić information content (AvgIpc) is 2.81. The highest BCUT2D eigenvalue weighted by molar-refractivity contribution is 6.30. The Hall–Kier alpha value is -2.59. The number of carbonyl (C=O) groups is 2. The van der Waals surface area contributed by atoms with Crippen molar-refractivity contribution >= 4 is 29.2 Å². The van der Waals surface area contributed by atoms with E-state index in [9.17, 15) is 9.59 Å². The number of fused-ring (bicyclic) bond motifs is 3. The molecule has 1 aliphatic rings. The normalized spacial score (nSPS) is 12.0. The van der Waals surface area contributed by atoms with Crippen LogP contribution in [0.2, 0.25) is 5.02 Å². The van der Waals surface area contributed by atoms with Gasteiger partial charge < -0.3 is 10.4 Å². The van der Waals surface area contributed by atoms with Crippen molar-refractivity contribution in [1.82, 2.24) is 0 Å². The van der Waals surface area contributed by atoms with E-state index in [4.69, 9.17) is 16.7 Å². The molecule has 0 spiro atoms. The average molecular weight is 314 g/mol. The molecule has 0 radical (unpaired) electrons. The lowest BCUT2D eigenvalue weighted by Crippen LogP contribution is -2.08. The molecule has 110 valence electrons. The fraction of sp³-hybridized carbons (Fsp3) is 0.0588. The molecular weight excluding hydrogens is 302 g/mol. The standard InChI is InChI=1S/C17H12ClNO3/c18-12-1-3-14-10(8-12)7-11-9-13(2-4-15(11)14)19-16(20)5-6-17(21)22/h1-6,8-9H,7H2,(H,19,20)(H,21,22)/b6-5+. The Morgan fingerprint density at radius 1 is 1.05 bits per heavy atom. The summed E-state index contributed by atoms with van der Waals surface area (Å²) in [6, 6.07) is 11.5. The van der Waals surface area contributed by atoms with Gasteiger partial charge in [0.2, 0.25) is 5.91 Å². The van der Waals surface area contributed by atoms with E-state index in [0.29, 0.717) is 10.7 Å². The van der Waals surface area contributed by atoms with Crippen LogP contribution in [-0.4, -0.2) is 17.0 Å². The first-order valence-corrected chi connectivity index (χ1v) is 7.04. The van der Waals surface area contributed by atoms with Crippen molar-refractivity contribution < 1.29 is 14.7 Å². The SMILES string of the molecule is O=C(O)/C=C/C(=O)Nc1ccc2c(c1)Cc1cc(Cl)ccc1-2. The lowest BCUT2D eigenvalue weighted by molar-refractivity contribution is -0.131. The third-order valence-corrected chi connectivity index (χ3v) is 3.72. The number of hydrogen-bond donors (Lipinski definition) is 2. The highest BCUT2D eigenvalue weighted by atomic mass is 35.5. The van der Waals surface area contributed by atoms with Gasteiger partial charge in [-0.25, -0.2) is 4.79 Å². The first-order valence-electron chi connectivity index (χ1n) is 6.66. The number of hydrogen-bond acceptors (Lipinski definition) is 2. The molecule has 2 aromatic carbocycles. The molecule has 1 aliphatic carbocycles. The molecule has 2 aromatic rings. The molecule has 4 nitrogen and oxygen atoms in total. The van der Waals surface area contributed by atoms with Crippen LogP contribution in [0.25, 0.3) is 11.1 Å². The maximum absolute atomic E-state index is 11.6. The van der Waals surface area contributed by atoms with Gasteiger partial charge in [0.15, 0.2) is 0 Å². The minimum absolute atomic E-state index is 0.471. The lowest BCUT2D eigenvalue weighted by Gasteiger charge is -2.05. The number of aliphatic carboxylic acids is 1. The number of carboxylic acids is 1. The van der Waals surface area contributed by atoms with Crippen LogP contribution >= 0.6 is 11.6 Å². The van der Waals surface area contributed by atoms with Gasteiger partial charge in [-0.15, -0.1) is 0 Å². The van der Waals surface area contributed by atoms with Crippen LogP contribution in [0.5, 0.6) is 0 Å². The third-order valence-electron chi connectivity index (χ3n) is 3.49. The van der Waals surface area contributed by atoms with Crippen LogP contribution < -0.4 is 5.32 Å². The summed E-state index contributed by atoms with van der Waals surface area (Å²) in [5, 5.41) is 11.9. The zero-order valence-electron chi connectivity index (χ0n) is 11.5. The van der Waals surface area contributed by atoms with Crippen LogP contribution in [-0.2, 0) is 16.0 Å². The highest BCUT2D eigenvalue weighted by Crippen LogP contribution is 2.38. The Morgan fingerprint density at radius 2 is 1.73 bits per heavy atom. The fourth-order valence-corrected chi connectivity index (χ4v) is 2.78. The van der Waals surface area contributed by atoms with Gasteiger partial charge in [0.05, 0.1) is 0 Å². The molecule has 0 fully saturated rings. The Morgan fingerprint density at radius 3 is 2.45 bits per heavy atom. The Kier molecular flexibility index (Phi) is 3.69. The van der Waals surface area contributed by atoms with Gasteiger partial charge in [-0.2, -0.15) is 0 Å². The van der Waals surface area contributed by atoms with Gasteiger partial charge >= 0.3 is 5.97 Å². The van der Waals surface area contributed by atoms with Crippen LogP contribution in [0.15, 0.2) is 48.6 Å². The zero-order valence-corrected chi connectivity index (χ0v) is 12.2. The second-order valence-electron chi connectivity index (χ2n) is 5.01. The molecule has 0 unspecified atom stereocenters. The molecule has 0 atom stereocenters. The molecule has 0 aromatic heterocycles. The van der Waals surface area contributed by atoms with Gasteiger partial charge in [0.25, 0.3) is 0 Å². The molecule has 2 N–H and O–H groups in total. The number of benzene rings is 2. The van der Waals surface area contributed by atoms with E-state index < -0.39 is 11.9 Å².